The second-order valence-electron chi connectivity index (χ2n) is 3.13. The van der Waals surface area contributed by atoms with Crippen molar-refractivity contribution in [3.8, 4) is 0 Å². The smallest absolute Gasteiger partial charge is 0.0151 e. The molecule has 1 nitrogen and oxygen atoms in total. The zero-order valence-electron chi connectivity index (χ0n) is 5.78. The van der Waals surface area contributed by atoms with Crippen molar-refractivity contribution in [1.29, 1.82) is 0 Å². The first-order valence-corrected chi connectivity index (χ1v) is 3.45. The molecular formula is C7H15N. The van der Waals surface area contributed by atoms with Crippen LogP contribution < -0.4 is 5.73 Å². The maximum atomic E-state index is 5.92. The number of nitrogens with two attached hydrogens (primary N) is 1. The molecular weight excluding hydrogens is 98.1 g/mol. The van der Waals surface area contributed by atoms with Crippen LogP contribution in [0.2, 0.25) is 0 Å². The lowest BCUT2D eigenvalue weighted by atomic mass is 9.94. The molecule has 1 rings (SSSR count). The molecule has 8 heavy (non-hydrogen) atoms. The van der Waals surface area contributed by atoms with Gasteiger partial charge in [-0.1, -0.05) is 6.92 Å². The van der Waals surface area contributed by atoms with Gasteiger partial charge in [0.1, 0.15) is 0 Å². The molecule has 0 aromatic heterocycles. The van der Waals surface area contributed by atoms with Gasteiger partial charge in [-0.2, -0.15) is 0 Å². The topological polar surface area (TPSA) is 26.0 Å². The van der Waals surface area contributed by atoms with Crippen LogP contribution in [0.15, 0.2) is 0 Å². The lowest BCUT2D eigenvalue weighted by Gasteiger charge is -2.21. The Morgan fingerprint density at radius 1 is 1.62 bits per heavy atom. The first-order valence-electron chi connectivity index (χ1n) is 3.45. The average Bonchev–Trinajstić information content (AvgIpc) is 2.44. The van der Waals surface area contributed by atoms with E-state index < -0.39 is 0 Å². The summed E-state index contributed by atoms with van der Waals surface area (Å²) in [4.78, 5) is 0. The maximum absolute atomic E-state index is 5.92. The van der Waals surface area contributed by atoms with Gasteiger partial charge in [0.25, 0.3) is 0 Å². The highest BCUT2D eigenvalue weighted by molar-refractivity contribution is 4.93. The van der Waals surface area contributed by atoms with Crippen molar-refractivity contribution < 1.29 is 0 Å². The van der Waals surface area contributed by atoms with Gasteiger partial charge in [0.15, 0.2) is 0 Å². The summed E-state index contributed by atoms with van der Waals surface area (Å²) in [5.41, 5.74) is 6.07. The molecule has 0 spiro atoms. The van der Waals surface area contributed by atoms with Crippen molar-refractivity contribution in [1.82, 2.24) is 0 Å². The predicted molar refractivity (Wildman–Crippen MR) is 35.6 cm³/mol. The normalized spacial score (nSPS) is 27.4. The zero-order chi connectivity index (χ0) is 6.20. The van der Waals surface area contributed by atoms with Crippen LogP contribution in [0, 0.1) is 5.92 Å². The van der Waals surface area contributed by atoms with Gasteiger partial charge in [-0.3, -0.25) is 0 Å². The monoisotopic (exact) mass is 113 g/mol. The van der Waals surface area contributed by atoms with Gasteiger partial charge in [-0.15, -0.1) is 0 Å². The number of hydrogen-bond donors (Lipinski definition) is 1. The van der Waals surface area contributed by atoms with Crippen molar-refractivity contribution >= 4 is 0 Å². The minimum atomic E-state index is 0.153. The standard InChI is InChI=1S/C7H15N/c1-3-7(2,8)6-4-5-6/h6H,3-5,8H2,1-2H3/t7-/m1/s1. The van der Waals surface area contributed by atoms with Crippen LogP contribution in [0.3, 0.4) is 0 Å². The van der Waals surface area contributed by atoms with E-state index in [1.165, 1.54) is 12.8 Å². The SMILES string of the molecule is CC[C@@](C)(N)C1CC1. The molecule has 1 saturated carbocycles. The third-order valence-electron chi connectivity index (χ3n) is 2.27. The summed E-state index contributed by atoms with van der Waals surface area (Å²) in [6, 6.07) is 0. The summed E-state index contributed by atoms with van der Waals surface area (Å²) < 4.78 is 0. The van der Waals surface area contributed by atoms with E-state index in [0.29, 0.717) is 0 Å². The van der Waals surface area contributed by atoms with E-state index in [1.807, 2.05) is 0 Å². The summed E-state index contributed by atoms with van der Waals surface area (Å²) in [5, 5.41) is 0. The van der Waals surface area contributed by atoms with E-state index in [1.54, 1.807) is 0 Å². The molecule has 0 aliphatic heterocycles. The van der Waals surface area contributed by atoms with E-state index in [2.05, 4.69) is 13.8 Å². The highest BCUT2D eigenvalue weighted by atomic mass is 14.8. The highest BCUT2D eigenvalue weighted by Gasteiger charge is 2.36. The van der Waals surface area contributed by atoms with Gasteiger partial charge in [0.2, 0.25) is 0 Å². The predicted octanol–water partition coefficient (Wildman–Crippen LogP) is 1.52. The van der Waals surface area contributed by atoms with E-state index in [-0.39, 0.29) is 5.54 Å². The Morgan fingerprint density at radius 2 is 2.12 bits per heavy atom. The fourth-order valence-electron chi connectivity index (χ4n) is 1.03. The summed E-state index contributed by atoms with van der Waals surface area (Å²) in [6.07, 6.45) is 3.85. The summed E-state index contributed by atoms with van der Waals surface area (Å²) >= 11 is 0. The molecule has 0 unspecified atom stereocenters. The van der Waals surface area contributed by atoms with Crippen LogP contribution in [-0.2, 0) is 0 Å². The molecule has 0 aromatic carbocycles. The minimum absolute atomic E-state index is 0.153. The Bertz CT molecular complexity index is 82.4. The third kappa shape index (κ3) is 1.03. The average molecular weight is 113 g/mol. The summed E-state index contributed by atoms with van der Waals surface area (Å²) in [7, 11) is 0. The molecule has 1 atom stereocenters. The number of rotatable bonds is 2. The molecule has 0 amide bonds. The fourth-order valence-corrected chi connectivity index (χ4v) is 1.03. The van der Waals surface area contributed by atoms with Crippen LogP contribution in [0.4, 0.5) is 0 Å². The summed E-state index contributed by atoms with van der Waals surface area (Å²) in [6.45, 7) is 4.32. The van der Waals surface area contributed by atoms with Crippen LogP contribution in [0.25, 0.3) is 0 Å². The molecule has 48 valence electrons. The van der Waals surface area contributed by atoms with Crippen LogP contribution in [-0.4, -0.2) is 5.54 Å². The fraction of sp³-hybridized carbons (Fsp3) is 1.00. The van der Waals surface area contributed by atoms with E-state index in [4.69, 9.17) is 5.73 Å². The van der Waals surface area contributed by atoms with Crippen LogP contribution in [0.1, 0.15) is 33.1 Å². The molecule has 0 bridgehead atoms. The minimum Gasteiger partial charge on any atom is -0.325 e. The Kier molecular flexibility index (Phi) is 1.31. The van der Waals surface area contributed by atoms with Crippen LogP contribution in [0.5, 0.6) is 0 Å². The maximum Gasteiger partial charge on any atom is 0.0151 e. The lowest BCUT2D eigenvalue weighted by molar-refractivity contribution is 0.395. The quantitative estimate of drug-likeness (QED) is 0.577. The molecule has 1 aliphatic carbocycles. The second kappa shape index (κ2) is 1.73. The second-order valence-corrected chi connectivity index (χ2v) is 3.13. The summed E-state index contributed by atoms with van der Waals surface area (Å²) in [5.74, 6) is 0.840. The lowest BCUT2D eigenvalue weighted by Crippen LogP contribution is -2.37. The Hall–Kier alpha value is -0.0400. The molecule has 1 heteroatoms. The Labute approximate surface area is 51.3 Å². The first-order chi connectivity index (χ1) is 3.67. The van der Waals surface area contributed by atoms with Crippen molar-refractivity contribution in [3.05, 3.63) is 0 Å². The number of hydrogen-bond acceptors (Lipinski definition) is 1. The molecule has 0 radical (unpaired) electrons. The molecule has 0 saturated heterocycles. The van der Waals surface area contributed by atoms with Gasteiger partial charge in [0.05, 0.1) is 0 Å². The van der Waals surface area contributed by atoms with E-state index in [0.717, 1.165) is 12.3 Å². The van der Waals surface area contributed by atoms with E-state index in [9.17, 15) is 0 Å². The molecule has 0 heterocycles. The van der Waals surface area contributed by atoms with Crippen molar-refractivity contribution in [2.45, 2.75) is 38.6 Å². The molecule has 2 N–H and O–H groups in total. The van der Waals surface area contributed by atoms with Gasteiger partial charge in [0, 0.05) is 5.54 Å². The van der Waals surface area contributed by atoms with Gasteiger partial charge in [-0.05, 0) is 32.1 Å². The molecule has 1 aliphatic rings. The van der Waals surface area contributed by atoms with Gasteiger partial charge in [-0.25, -0.2) is 0 Å². The van der Waals surface area contributed by atoms with Gasteiger partial charge < -0.3 is 5.73 Å². The highest BCUT2D eigenvalue weighted by Crippen LogP contribution is 2.39. The van der Waals surface area contributed by atoms with Crippen LogP contribution >= 0.6 is 0 Å². The molecule has 0 aromatic rings. The van der Waals surface area contributed by atoms with E-state index >= 15 is 0 Å². The van der Waals surface area contributed by atoms with Crippen molar-refractivity contribution in [3.63, 3.8) is 0 Å². The van der Waals surface area contributed by atoms with Crippen molar-refractivity contribution in [2.24, 2.45) is 11.7 Å². The zero-order valence-corrected chi connectivity index (χ0v) is 5.78. The molecule has 1 fully saturated rings. The largest absolute Gasteiger partial charge is 0.325 e. The Morgan fingerprint density at radius 3 is 2.25 bits per heavy atom. The van der Waals surface area contributed by atoms with Crippen molar-refractivity contribution in [2.75, 3.05) is 0 Å². The Balaban J connectivity index is 2.37. The first kappa shape index (κ1) is 6.09. The van der Waals surface area contributed by atoms with Gasteiger partial charge >= 0.3 is 0 Å². The third-order valence-corrected chi connectivity index (χ3v) is 2.27.